The average Bonchev–Trinajstić information content (AvgIpc) is 2.96. The molecule has 1 atom stereocenters. The summed E-state index contributed by atoms with van der Waals surface area (Å²) < 4.78 is 18.9. The summed E-state index contributed by atoms with van der Waals surface area (Å²) in [5.74, 6) is 0.579. The van der Waals surface area contributed by atoms with E-state index < -0.39 is 10.8 Å². The molecule has 0 saturated heterocycles. The standard InChI is InChI=1S/C17H14Cl2N2O2S/c1-23-15-8-7-11(9-13(15)18)21-14(10-17(19)20-21)12-5-3-4-6-16(12)24(2)22/h3-10H,1-2H3. The normalized spacial score (nSPS) is 12.2. The maximum absolute atomic E-state index is 12.0. The van der Waals surface area contributed by atoms with Gasteiger partial charge in [0.1, 0.15) is 5.75 Å². The number of hydrogen-bond acceptors (Lipinski definition) is 3. The number of ether oxygens (including phenoxy) is 1. The smallest absolute Gasteiger partial charge is 0.152 e. The Morgan fingerprint density at radius 2 is 1.88 bits per heavy atom. The largest absolute Gasteiger partial charge is 0.495 e. The molecule has 0 aliphatic carbocycles. The summed E-state index contributed by atoms with van der Waals surface area (Å²) in [7, 11) is 0.423. The molecule has 0 radical (unpaired) electrons. The highest BCUT2D eigenvalue weighted by Crippen LogP contribution is 2.32. The van der Waals surface area contributed by atoms with Gasteiger partial charge in [0.15, 0.2) is 5.15 Å². The zero-order chi connectivity index (χ0) is 17.3. The first-order valence-corrected chi connectivity index (χ1v) is 9.35. The Labute approximate surface area is 152 Å². The van der Waals surface area contributed by atoms with Crippen LogP contribution in [0.15, 0.2) is 53.4 Å². The summed E-state index contributed by atoms with van der Waals surface area (Å²) in [6.45, 7) is 0. The van der Waals surface area contributed by atoms with Gasteiger partial charge in [-0.05, 0) is 24.3 Å². The third-order valence-electron chi connectivity index (χ3n) is 3.53. The molecule has 0 saturated carbocycles. The van der Waals surface area contributed by atoms with Gasteiger partial charge in [0, 0.05) is 22.8 Å². The van der Waals surface area contributed by atoms with Crippen molar-refractivity contribution in [3.63, 3.8) is 0 Å². The van der Waals surface area contributed by atoms with E-state index in [2.05, 4.69) is 5.10 Å². The van der Waals surface area contributed by atoms with Crippen LogP contribution in [0, 0.1) is 0 Å². The SMILES string of the molecule is COc1ccc(-n2nc(Cl)cc2-c2ccccc2S(C)=O)cc1Cl. The van der Waals surface area contributed by atoms with Gasteiger partial charge >= 0.3 is 0 Å². The highest BCUT2D eigenvalue weighted by molar-refractivity contribution is 7.84. The lowest BCUT2D eigenvalue weighted by molar-refractivity contribution is 0.415. The lowest BCUT2D eigenvalue weighted by Gasteiger charge is -2.12. The number of halogens is 2. The first-order valence-electron chi connectivity index (χ1n) is 7.03. The van der Waals surface area contributed by atoms with Gasteiger partial charge in [-0.25, -0.2) is 4.68 Å². The molecule has 0 spiro atoms. The Morgan fingerprint density at radius 1 is 1.12 bits per heavy atom. The van der Waals surface area contributed by atoms with Crippen molar-refractivity contribution in [1.82, 2.24) is 9.78 Å². The fraction of sp³-hybridized carbons (Fsp3) is 0.118. The minimum Gasteiger partial charge on any atom is -0.495 e. The highest BCUT2D eigenvalue weighted by atomic mass is 35.5. The van der Waals surface area contributed by atoms with Crippen molar-refractivity contribution in [2.24, 2.45) is 0 Å². The number of methoxy groups -OCH3 is 1. The van der Waals surface area contributed by atoms with Crippen LogP contribution in [0.2, 0.25) is 10.2 Å². The van der Waals surface area contributed by atoms with Gasteiger partial charge in [0.25, 0.3) is 0 Å². The third-order valence-corrected chi connectivity index (χ3v) is 4.99. The van der Waals surface area contributed by atoms with Gasteiger partial charge in [-0.3, -0.25) is 4.21 Å². The second-order valence-corrected chi connectivity index (χ2v) is 7.18. The molecule has 2 aromatic carbocycles. The van der Waals surface area contributed by atoms with Crippen LogP contribution in [0.3, 0.4) is 0 Å². The van der Waals surface area contributed by atoms with E-state index in [4.69, 9.17) is 27.9 Å². The van der Waals surface area contributed by atoms with Crippen molar-refractivity contribution < 1.29 is 8.95 Å². The minimum absolute atomic E-state index is 0.341. The van der Waals surface area contributed by atoms with Crippen LogP contribution < -0.4 is 4.74 Å². The van der Waals surface area contributed by atoms with E-state index in [0.717, 1.165) is 21.8 Å². The molecule has 7 heteroatoms. The van der Waals surface area contributed by atoms with Crippen molar-refractivity contribution in [3.8, 4) is 22.7 Å². The van der Waals surface area contributed by atoms with Crippen LogP contribution in [0.4, 0.5) is 0 Å². The van der Waals surface area contributed by atoms with Crippen LogP contribution in [0.1, 0.15) is 0 Å². The molecule has 4 nitrogen and oxygen atoms in total. The zero-order valence-corrected chi connectivity index (χ0v) is 15.3. The Balaban J connectivity index is 2.20. The second-order valence-electron chi connectivity index (χ2n) is 5.03. The van der Waals surface area contributed by atoms with E-state index in [0.29, 0.717) is 15.9 Å². The van der Waals surface area contributed by atoms with Crippen molar-refractivity contribution in [3.05, 3.63) is 58.7 Å². The van der Waals surface area contributed by atoms with E-state index in [1.807, 2.05) is 30.3 Å². The lowest BCUT2D eigenvalue weighted by atomic mass is 10.1. The number of benzene rings is 2. The van der Waals surface area contributed by atoms with Crippen molar-refractivity contribution >= 4 is 34.0 Å². The molecular weight excluding hydrogens is 367 g/mol. The van der Waals surface area contributed by atoms with E-state index >= 15 is 0 Å². The van der Waals surface area contributed by atoms with Crippen LogP contribution >= 0.6 is 23.2 Å². The molecule has 1 heterocycles. The van der Waals surface area contributed by atoms with E-state index in [1.165, 1.54) is 0 Å². The van der Waals surface area contributed by atoms with Crippen LogP contribution in [0.5, 0.6) is 5.75 Å². The molecule has 3 aromatic rings. The predicted octanol–water partition coefficient (Wildman–Crippen LogP) is 4.59. The topological polar surface area (TPSA) is 44.1 Å². The molecule has 3 rings (SSSR count). The summed E-state index contributed by atoms with van der Waals surface area (Å²) in [6.07, 6.45) is 1.64. The summed E-state index contributed by atoms with van der Waals surface area (Å²) in [6, 6.07) is 14.6. The number of hydrogen-bond donors (Lipinski definition) is 0. The summed E-state index contributed by atoms with van der Waals surface area (Å²) in [5.41, 5.74) is 2.29. The summed E-state index contributed by atoms with van der Waals surface area (Å²) >= 11 is 12.3. The number of aromatic nitrogens is 2. The summed E-state index contributed by atoms with van der Waals surface area (Å²) in [5, 5.41) is 5.15. The Hall–Kier alpha value is -1.82. The lowest BCUT2D eigenvalue weighted by Crippen LogP contribution is -2.01. The van der Waals surface area contributed by atoms with Gasteiger partial charge in [0.05, 0.1) is 34.3 Å². The summed E-state index contributed by atoms with van der Waals surface area (Å²) in [4.78, 5) is 0.718. The van der Waals surface area contributed by atoms with Gasteiger partial charge < -0.3 is 4.74 Å². The number of nitrogens with zero attached hydrogens (tertiary/aromatic N) is 2. The zero-order valence-electron chi connectivity index (χ0n) is 13.0. The number of rotatable bonds is 4. The molecule has 0 bridgehead atoms. The van der Waals surface area contributed by atoms with E-state index in [-0.39, 0.29) is 0 Å². The van der Waals surface area contributed by atoms with Gasteiger partial charge in [-0.2, -0.15) is 5.10 Å². The van der Waals surface area contributed by atoms with Gasteiger partial charge in [-0.15, -0.1) is 0 Å². The quantitative estimate of drug-likeness (QED) is 0.664. The van der Waals surface area contributed by atoms with Crippen molar-refractivity contribution in [2.75, 3.05) is 13.4 Å². The minimum atomic E-state index is -1.14. The van der Waals surface area contributed by atoms with Crippen LogP contribution in [-0.4, -0.2) is 27.4 Å². The molecule has 0 aliphatic rings. The Kier molecular flexibility index (Phi) is 4.94. The molecule has 1 unspecified atom stereocenters. The third kappa shape index (κ3) is 3.20. The maximum atomic E-state index is 12.0. The monoisotopic (exact) mass is 380 g/mol. The van der Waals surface area contributed by atoms with Crippen LogP contribution in [0.25, 0.3) is 16.9 Å². The molecule has 24 heavy (non-hydrogen) atoms. The molecular formula is C17H14Cl2N2O2S. The molecule has 0 aliphatic heterocycles. The van der Waals surface area contributed by atoms with Crippen molar-refractivity contribution in [2.45, 2.75) is 4.90 Å². The Morgan fingerprint density at radius 3 is 2.54 bits per heavy atom. The van der Waals surface area contributed by atoms with Gasteiger partial charge in [-0.1, -0.05) is 41.4 Å². The van der Waals surface area contributed by atoms with E-state index in [1.54, 1.807) is 36.2 Å². The Bertz CT molecular complexity index is 925. The molecule has 1 aromatic heterocycles. The van der Waals surface area contributed by atoms with Gasteiger partial charge in [0.2, 0.25) is 0 Å². The molecule has 0 fully saturated rings. The van der Waals surface area contributed by atoms with Crippen LogP contribution in [-0.2, 0) is 10.8 Å². The highest BCUT2D eigenvalue weighted by Gasteiger charge is 2.16. The predicted molar refractivity (Wildman–Crippen MR) is 97.9 cm³/mol. The first kappa shape index (κ1) is 17.0. The maximum Gasteiger partial charge on any atom is 0.152 e. The molecule has 0 N–H and O–H groups in total. The second kappa shape index (κ2) is 6.97. The first-order chi connectivity index (χ1) is 11.5. The molecule has 0 amide bonds. The van der Waals surface area contributed by atoms with Crippen molar-refractivity contribution in [1.29, 1.82) is 0 Å². The molecule has 124 valence electrons. The van der Waals surface area contributed by atoms with E-state index in [9.17, 15) is 4.21 Å². The average molecular weight is 381 g/mol. The fourth-order valence-electron chi connectivity index (χ4n) is 2.46. The fourth-order valence-corrected chi connectivity index (χ4v) is 3.64.